The fraction of sp³-hybridized carbons (Fsp3) is 0.100. The standard InChI is InChI=1S/C10H8N/c1-3-5-9-6-4-7-10(8-9)11-2/h3-4,7-8H,1,5H2. The summed E-state index contributed by atoms with van der Waals surface area (Å²) in [5.74, 6) is 0. The quantitative estimate of drug-likeness (QED) is 0.441. The van der Waals surface area contributed by atoms with E-state index in [1.807, 2.05) is 6.07 Å². The minimum atomic E-state index is 0.667. The molecule has 0 aliphatic heterocycles. The van der Waals surface area contributed by atoms with Gasteiger partial charge in [-0.2, -0.15) is 0 Å². The first-order valence-electron chi connectivity index (χ1n) is 3.36. The van der Waals surface area contributed by atoms with Crippen LogP contribution in [0.25, 0.3) is 4.85 Å². The number of hydrogen-bond donors (Lipinski definition) is 0. The smallest absolute Gasteiger partial charge is 0.187 e. The van der Waals surface area contributed by atoms with Crippen molar-refractivity contribution in [2.45, 2.75) is 6.42 Å². The molecule has 0 aliphatic carbocycles. The van der Waals surface area contributed by atoms with Gasteiger partial charge in [-0.3, -0.25) is 0 Å². The molecule has 1 rings (SSSR count). The van der Waals surface area contributed by atoms with E-state index >= 15 is 0 Å². The zero-order valence-corrected chi connectivity index (χ0v) is 6.17. The van der Waals surface area contributed by atoms with Crippen LogP contribution < -0.4 is 0 Å². The highest BCUT2D eigenvalue weighted by Crippen LogP contribution is 2.13. The van der Waals surface area contributed by atoms with Crippen LogP contribution in [-0.2, 0) is 6.42 Å². The van der Waals surface area contributed by atoms with Gasteiger partial charge in [-0.25, -0.2) is 4.85 Å². The minimum Gasteiger partial charge on any atom is -0.238 e. The fourth-order valence-corrected chi connectivity index (χ4v) is 0.845. The molecule has 1 radical (unpaired) electrons. The largest absolute Gasteiger partial charge is 0.238 e. The van der Waals surface area contributed by atoms with Crippen molar-refractivity contribution >= 4 is 5.69 Å². The number of allylic oxidation sites excluding steroid dienone is 1. The van der Waals surface area contributed by atoms with Crippen molar-refractivity contribution in [3.63, 3.8) is 0 Å². The second kappa shape index (κ2) is 3.58. The van der Waals surface area contributed by atoms with Crippen LogP contribution in [0.1, 0.15) is 5.56 Å². The van der Waals surface area contributed by atoms with E-state index in [-0.39, 0.29) is 0 Å². The average Bonchev–Trinajstić information content (AvgIpc) is 2.06. The molecule has 1 heteroatoms. The second-order valence-electron chi connectivity index (χ2n) is 2.18. The zero-order chi connectivity index (χ0) is 8.10. The summed E-state index contributed by atoms with van der Waals surface area (Å²) in [4.78, 5) is 3.31. The van der Waals surface area contributed by atoms with Crippen LogP contribution >= 0.6 is 0 Å². The van der Waals surface area contributed by atoms with Crippen LogP contribution in [0.15, 0.2) is 30.9 Å². The SMILES string of the molecule is [C-]#[N+]c1cc[c]c(CC=C)c1. The molecule has 0 N–H and O–H groups in total. The Balaban J connectivity index is 2.93. The molecular weight excluding hydrogens is 134 g/mol. The average molecular weight is 142 g/mol. The molecule has 53 valence electrons. The predicted octanol–water partition coefficient (Wildman–Crippen LogP) is 2.77. The lowest BCUT2D eigenvalue weighted by atomic mass is 10.1. The molecule has 1 aromatic rings. The zero-order valence-electron chi connectivity index (χ0n) is 6.17. The first-order chi connectivity index (χ1) is 5.36. The van der Waals surface area contributed by atoms with E-state index in [4.69, 9.17) is 6.57 Å². The van der Waals surface area contributed by atoms with Crippen molar-refractivity contribution in [3.05, 3.63) is 53.9 Å². The van der Waals surface area contributed by atoms with Crippen LogP contribution in [0.3, 0.4) is 0 Å². The molecule has 0 saturated heterocycles. The van der Waals surface area contributed by atoms with Crippen molar-refractivity contribution in [3.8, 4) is 0 Å². The Hall–Kier alpha value is -1.55. The molecule has 0 amide bonds. The molecule has 0 fully saturated rings. The third-order valence-electron chi connectivity index (χ3n) is 1.34. The van der Waals surface area contributed by atoms with Gasteiger partial charge < -0.3 is 0 Å². The summed E-state index contributed by atoms with van der Waals surface area (Å²) in [6.45, 7) is 10.4. The van der Waals surface area contributed by atoms with Gasteiger partial charge >= 0.3 is 0 Å². The molecule has 0 spiro atoms. The van der Waals surface area contributed by atoms with Crippen molar-refractivity contribution in [2.24, 2.45) is 0 Å². The molecule has 0 saturated carbocycles. The van der Waals surface area contributed by atoms with Gasteiger partial charge in [-0.05, 0) is 18.1 Å². The topological polar surface area (TPSA) is 4.36 Å². The highest BCUT2D eigenvalue weighted by molar-refractivity contribution is 5.46. The summed E-state index contributed by atoms with van der Waals surface area (Å²) < 4.78 is 0. The van der Waals surface area contributed by atoms with Crippen LogP contribution in [0.4, 0.5) is 5.69 Å². The Morgan fingerprint density at radius 2 is 2.55 bits per heavy atom. The van der Waals surface area contributed by atoms with Crippen LogP contribution in [-0.4, -0.2) is 0 Å². The summed E-state index contributed by atoms with van der Waals surface area (Å²) in [6, 6.07) is 8.38. The van der Waals surface area contributed by atoms with E-state index < -0.39 is 0 Å². The van der Waals surface area contributed by atoms with Crippen LogP contribution in [0.5, 0.6) is 0 Å². The third-order valence-corrected chi connectivity index (χ3v) is 1.34. The number of hydrogen-bond acceptors (Lipinski definition) is 0. The molecule has 1 nitrogen and oxygen atoms in total. The lowest BCUT2D eigenvalue weighted by Gasteiger charge is -1.94. The summed E-state index contributed by atoms with van der Waals surface area (Å²) in [7, 11) is 0. The Bertz CT molecular complexity index is 294. The maximum atomic E-state index is 6.76. The summed E-state index contributed by atoms with van der Waals surface area (Å²) >= 11 is 0. The Kier molecular flexibility index (Phi) is 2.46. The van der Waals surface area contributed by atoms with Crippen LogP contribution in [0, 0.1) is 12.6 Å². The molecule has 11 heavy (non-hydrogen) atoms. The van der Waals surface area contributed by atoms with Gasteiger partial charge in [0, 0.05) is 0 Å². The summed E-state index contributed by atoms with van der Waals surface area (Å²) in [5.41, 5.74) is 1.69. The minimum absolute atomic E-state index is 0.667. The van der Waals surface area contributed by atoms with E-state index in [1.165, 1.54) is 0 Å². The molecule has 1 aromatic carbocycles. The van der Waals surface area contributed by atoms with E-state index in [0.29, 0.717) is 5.69 Å². The van der Waals surface area contributed by atoms with Crippen molar-refractivity contribution < 1.29 is 0 Å². The van der Waals surface area contributed by atoms with Gasteiger partial charge in [0.2, 0.25) is 0 Å². The van der Waals surface area contributed by atoms with Gasteiger partial charge in [-0.1, -0.05) is 24.3 Å². The number of benzene rings is 1. The van der Waals surface area contributed by atoms with Crippen molar-refractivity contribution in [1.82, 2.24) is 0 Å². The van der Waals surface area contributed by atoms with Gasteiger partial charge in [0.1, 0.15) is 0 Å². The predicted molar refractivity (Wildman–Crippen MR) is 45.4 cm³/mol. The molecule has 0 heterocycles. The van der Waals surface area contributed by atoms with Gasteiger partial charge in [0.05, 0.1) is 6.57 Å². The molecule has 0 atom stereocenters. The molecular formula is C10H8N. The normalized spacial score (nSPS) is 8.64. The van der Waals surface area contributed by atoms with Gasteiger partial charge in [0.25, 0.3) is 0 Å². The monoisotopic (exact) mass is 142 g/mol. The highest BCUT2D eigenvalue weighted by Gasteiger charge is 1.91. The Labute approximate surface area is 66.8 Å². The molecule has 0 bridgehead atoms. The maximum Gasteiger partial charge on any atom is 0.187 e. The molecule has 0 aliphatic rings. The Morgan fingerprint density at radius 3 is 3.18 bits per heavy atom. The van der Waals surface area contributed by atoms with E-state index in [0.717, 1.165) is 12.0 Å². The lowest BCUT2D eigenvalue weighted by Crippen LogP contribution is -1.77. The van der Waals surface area contributed by atoms with Crippen LogP contribution in [0.2, 0.25) is 0 Å². The third kappa shape index (κ3) is 1.94. The lowest BCUT2D eigenvalue weighted by molar-refractivity contribution is 1.27. The highest BCUT2D eigenvalue weighted by atomic mass is 14.6. The first kappa shape index (κ1) is 7.56. The number of nitrogens with zero attached hydrogens (tertiary/aromatic N) is 1. The summed E-state index contributed by atoms with van der Waals surface area (Å²) in [5, 5.41) is 0. The van der Waals surface area contributed by atoms with Crippen molar-refractivity contribution in [1.29, 1.82) is 0 Å². The Morgan fingerprint density at radius 1 is 1.73 bits per heavy atom. The van der Waals surface area contributed by atoms with Gasteiger partial charge in [0.15, 0.2) is 5.69 Å². The second-order valence-corrected chi connectivity index (χ2v) is 2.18. The fourth-order valence-electron chi connectivity index (χ4n) is 0.845. The van der Waals surface area contributed by atoms with E-state index in [2.05, 4.69) is 17.5 Å². The summed E-state index contributed by atoms with van der Waals surface area (Å²) in [6.07, 6.45) is 2.59. The van der Waals surface area contributed by atoms with E-state index in [9.17, 15) is 0 Å². The van der Waals surface area contributed by atoms with E-state index in [1.54, 1.807) is 18.2 Å². The molecule has 0 unspecified atom stereocenters. The van der Waals surface area contributed by atoms with Crippen molar-refractivity contribution in [2.75, 3.05) is 0 Å². The van der Waals surface area contributed by atoms with Gasteiger partial charge in [-0.15, -0.1) is 6.58 Å². The maximum absolute atomic E-state index is 6.76. The molecule has 0 aromatic heterocycles. The number of rotatable bonds is 2. The first-order valence-corrected chi connectivity index (χ1v) is 3.36.